The van der Waals surface area contributed by atoms with Crippen molar-refractivity contribution < 1.29 is 0 Å². The molecule has 0 saturated carbocycles. The molecule has 0 spiro atoms. The van der Waals surface area contributed by atoms with E-state index in [1.54, 1.807) is 0 Å². The van der Waals surface area contributed by atoms with Crippen molar-refractivity contribution in [1.29, 1.82) is 0 Å². The molecule has 1 aromatic heterocycles. The summed E-state index contributed by atoms with van der Waals surface area (Å²) in [5, 5.41) is 1.18. The summed E-state index contributed by atoms with van der Waals surface area (Å²) in [5.74, 6) is 0. The van der Waals surface area contributed by atoms with Crippen LogP contribution in [0, 0.1) is 0 Å². The van der Waals surface area contributed by atoms with Gasteiger partial charge in [0.15, 0.2) is 0 Å². The molecule has 3 heteroatoms. The van der Waals surface area contributed by atoms with E-state index >= 15 is 0 Å². The summed E-state index contributed by atoms with van der Waals surface area (Å²) in [5.41, 5.74) is 8.85. The fraction of sp³-hybridized carbons (Fsp3) is 0.471. The second-order valence-electron chi connectivity index (χ2n) is 6.24. The fourth-order valence-electron chi connectivity index (χ4n) is 3.27. The Bertz CT molecular complexity index is 595. The quantitative estimate of drug-likeness (QED) is 0.931. The molecule has 1 aliphatic heterocycles. The molecule has 1 unspecified atom stereocenters. The molecular weight excluding hydrogens is 246 g/mol. The Balaban J connectivity index is 2.01. The first-order valence-electron chi connectivity index (χ1n) is 7.45. The lowest BCUT2D eigenvalue weighted by molar-refractivity contribution is 0.124. The van der Waals surface area contributed by atoms with Gasteiger partial charge in [-0.1, -0.05) is 18.2 Å². The summed E-state index contributed by atoms with van der Waals surface area (Å²) in [6.07, 6.45) is 4.41. The van der Waals surface area contributed by atoms with Gasteiger partial charge in [-0.15, -0.1) is 0 Å². The van der Waals surface area contributed by atoms with Gasteiger partial charge in [-0.2, -0.15) is 0 Å². The monoisotopic (exact) mass is 269 g/mol. The summed E-state index contributed by atoms with van der Waals surface area (Å²) >= 11 is 0. The van der Waals surface area contributed by atoms with Gasteiger partial charge in [-0.25, -0.2) is 0 Å². The lowest BCUT2D eigenvalue weighted by Gasteiger charge is -2.40. The van der Waals surface area contributed by atoms with Crippen molar-refractivity contribution >= 4 is 10.9 Å². The fourth-order valence-corrected chi connectivity index (χ4v) is 3.27. The average molecular weight is 269 g/mol. The first-order valence-corrected chi connectivity index (χ1v) is 7.45. The van der Waals surface area contributed by atoms with E-state index in [4.69, 9.17) is 5.73 Å². The highest BCUT2D eigenvalue weighted by atomic mass is 15.2. The van der Waals surface area contributed by atoms with Crippen LogP contribution in [-0.4, -0.2) is 28.5 Å². The van der Waals surface area contributed by atoms with Crippen LogP contribution in [0.15, 0.2) is 36.5 Å². The van der Waals surface area contributed by atoms with Gasteiger partial charge in [-0.05, 0) is 57.5 Å². The zero-order chi connectivity index (χ0) is 14.2. The molecule has 3 rings (SSSR count). The highest BCUT2D eigenvalue weighted by Crippen LogP contribution is 2.34. The maximum Gasteiger partial charge on any atom is 0.0705 e. The van der Waals surface area contributed by atoms with Crippen molar-refractivity contribution in [3.05, 3.63) is 42.1 Å². The molecule has 0 amide bonds. The van der Waals surface area contributed by atoms with Crippen molar-refractivity contribution in [2.45, 2.75) is 38.3 Å². The second-order valence-corrected chi connectivity index (χ2v) is 6.24. The SMILES string of the molecule is CC(C)(C(N)c1cccc2ncccc12)N1CCCC1. The van der Waals surface area contributed by atoms with Gasteiger partial charge in [0.25, 0.3) is 0 Å². The minimum atomic E-state index is -0.0272. The Kier molecular flexibility index (Phi) is 3.48. The van der Waals surface area contributed by atoms with E-state index in [0.717, 1.165) is 18.6 Å². The summed E-state index contributed by atoms with van der Waals surface area (Å²) in [6.45, 7) is 6.84. The number of rotatable bonds is 3. The summed E-state index contributed by atoms with van der Waals surface area (Å²) in [7, 11) is 0. The van der Waals surface area contributed by atoms with E-state index in [1.165, 1.54) is 23.8 Å². The van der Waals surface area contributed by atoms with Crippen LogP contribution in [0.5, 0.6) is 0 Å². The first-order chi connectivity index (χ1) is 9.60. The summed E-state index contributed by atoms with van der Waals surface area (Å²) in [6, 6.07) is 10.4. The Morgan fingerprint density at radius 1 is 1.15 bits per heavy atom. The highest BCUT2D eigenvalue weighted by Gasteiger charge is 2.36. The van der Waals surface area contributed by atoms with Crippen LogP contribution in [0.4, 0.5) is 0 Å². The molecule has 1 atom stereocenters. The van der Waals surface area contributed by atoms with E-state index in [9.17, 15) is 0 Å². The van der Waals surface area contributed by atoms with E-state index < -0.39 is 0 Å². The number of pyridine rings is 1. The van der Waals surface area contributed by atoms with Crippen molar-refractivity contribution in [3.63, 3.8) is 0 Å². The molecule has 0 radical (unpaired) electrons. The van der Waals surface area contributed by atoms with Gasteiger partial charge < -0.3 is 5.73 Å². The van der Waals surface area contributed by atoms with Gasteiger partial charge in [0, 0.05) is 23.2 Å². The molecule has 1 aromatic carbocycles. The highest BCUT2D eigenvalue weighted by molar-refractivity contribution is 5.82. The average Bonchev–Trinajstić information content (AvgIpc) is 3.01. The second kappa shape index (κ2) is 5.15. The Morgan fingerprint density at radius 3 is 2.65 bits per heavy atom. The number of fused-ring (bicyclic) bond motifs is 1. The molecule has 106 valence electrons. The van der Waals surface area contributed by atoms with Gasteiger partial charge >= 0.3 is 0 Å². The molecule has 2 heterocycles. The van der Waals surface area contributed by atoms with Crippen LogP contribution < -0.4 is 5.73 Å². The smallest absolute Gasteiger partial charge is 0.0705 e. The third-order valence-corrected chi connectivity index (χ3v) is 4.70. The van der Waals surface area contributed by atoms with Crippen LogP contribution in [0.3, 0.4) is 0 Å². The molecule has 1 fully saturated rings. The summed E-state index contributed by atoms with van der Waals surface area (Å²) < 4.78 is 0. The van der Waals surface area contributed by atoms with Gasteiger partial charge in [0.2, 0.25) is 0 Å². The lowest BCUT2D eigenvalue weighted by atomic mass is 9.86. The predicted molar refractivity (Wildman–Crippen MR) is 83.6 cm³/mol. The van der Waals surface area contributed by atoms with Crippen LogP contribution in [0.2, 0.25) is 0 Å². The number of hydrogen-bond donors (Lipinski definition) is 1. The normalized spacial score (nSPS) is 18.6. The van der Waals surface area contributed by atoms with Crippen LogP contribution in [-0.2, 0) is 0 Å². The van der Waals surface area contributed by atoms with Crippen molar-refractivity contribution in [3.8, 4) is 0 Å². The predicted octanol–water partition coefficient (Wildman–Crippen LogP) is 3.11. The number of hydrogen-bond acceptors (Lipinski definition) is 3. The Labute approximate surface area is 120 Å². The molecular formula is C17H23N3. The molecule has 3 nitrogen and oxygen atoms in total. The topological polar surface area (TPSA) is 42.1 Å². The van der Waals surface area contributed by atoms with E-state index in [-0.39, 0.29) is 11.6 Å². The molecule has 2 N–H and O–H groups in total. The maximum absolute atomic E-state index is 6.65. The van der Waals surface area contributed by atoms with Gasteiger partial charge in [0.05, 0.1) is 5.52 Å². The van der Waals surface area contributed by atoms with E-state index in [0.29, 0.717) is 0 Å². The lowest BCUT2D eigenvalue weighted by Crippen LogP contribution is -2.49. The van der Waals surface area contributed by atoms with Crippen LogP contribution in [0.1, 0.15) is 38.3 Å². The van der Waals surface area contributed by atoms with Crippen LogP contribution in [0.25, 0.3) is 10.9 Å². The van der Waals surface area contributed by atoms with Crippen molar-refractivity contribution in [2.24, 2.45) is 5.73 Å². The molecule has 1 aliphatic rings. The number of aromatic nitrogens is 1. The Hall–Kier alpha value is -1.45. The van der Waals surface area contributed by atoms with E-state index in [1.807, 2.05) is 12.3 Å². The Morgan fingerprint density at radius 2 is 1.90 bits per heavy atom. The number of nitrogens with zero attached hydrogens (tertiary/aromatic N) is 2. The van der Waals surface area contributed by atoms with E-state index in [2.05, 4.69) is 48.0 Å². The molecule has 2 aromatic rings. The first kappa shape index (κ1) is 13.5. The number of benzene rings is 1. The summed E-state index contributed by atoms with van der Waals surface area (Å²) in [4.78, 5) is 6.96. The minimum Gasteiger partial charge on any atom is -0.322 e. The molecule has 20 heavy (non-hydrogen) atoms. The molecule has 1 saturated heterocycles. The number of nitrogens with two attached hydrogens (primary N) is 1. The minimum absolute atomic E-state index is 0.00602. The van der Waals surface area contributed by atoms with Gasteiger partial charge in [0.1, 0.15) is 0 Å². The van der Waals surface area contributed by atoms with Crippen molar-refractivity contribution in [1.82, 2.24) is 9.88 Å². The third-order valence-electron chi connectivity index (χ3n) is 4.70. The third kappa shape index (κ3) is 2.21. The van der Waals surface area contributed by atoms with Crippen LogP contribution >= 0.6 is 0 Å². The molecule has 0 aliphatic carbocycles. The van der Waals surface area contributed by atoms with Gasteiger partial charge in [-0.3, -0.25) is 9.88 Å². The standard InChI is InChI=1S/C17H23N3/c1-17(2,20-11-3-4-12-20)16(18)14-7-5-9-15-13(14)8-6-10-19-15/h5-10,16H,3-4,11-12,18H2,1-2H3. The maximum atomic E-state index is 6.65. The zero-order valence-corrected chi connectivity index (χ0v) is 12.3. The number of likely N-dealkylation sites (tertiary alicyclic amines) is 1. The largest absolute Gasteiger partial charge is 0.322 e. The molecule has 0 bridgehead atoms. The zero-order valence-electron chi connectivity index (χ0n) is 12.3. The van der Waals surface area contributed by atoms with Crippen molar-refractivity contribution in [2.75, 3.05) is 13.1 Å².